The molecule has 0 aromatic carbocycles. The molecular formula is C12H22N4O4. The number of aliphatic hydroxyl groups is 4. The lowest BCUT2D eigenvalue weighted by Gasteiger charge is -2.17. The van der Waals surface area contributed by atoms with Crippen molar-refractivity contribution in [3.63, 3.8) is 0 Å². The zero-order chi connectivity index (χ0) is 14.9. The van der Waals surface area contributed by atoms with Gasteiger partial charge >= 0.3 is 0 Å². The van der Waals surface area contributed by atoms with E-state index in [0.29, 0.717) is 18.7 Å². The van der Waals surface area contributed by atoms with Crippen LogP contribution < -0.4 is 5.32 Å². The Labute approximate surface area is 117 Å². The number of nitrogens with zero attached hydrogens (tertiary/aromatic N) is 3. The van der Waals surface area contributed by atoms with Crippen LogP contribution in [0, 0.1) is 0 Å². The van der Waals surface area contributed by atoms with Gasteiger partial charge in [-0.3, -0.25) is 0 Å². The first kappa shape index (κ1) is 15.3. The normalized spacial score (nSPS) is 31.7. The van der Waals surface area contributed by atoms with E-state index in [1.54, 1.807) is 11.6 Å². The Hall–Kier alpha value is -1.06. The molecule has 2 rings (SSSR count). The van der Waals surface area contributed by atoms with Gasteiger partial charge in [-0.25, -0.2) is 4.68 Å². The Morgan fingerprint density at radius 1 is 1.30 bits per heavy atom. The summed E-state index contributed by atoms with van der Waals surface area (Å²) in [5, 5.41) is 49.4. The van der Waals surface area contributed by atoms with E-state index < -0.39 is 30.4 Å². The molecule has 1 fully saturated rings. The minimum atomic E-state index is -1.00. The summed E-state index contributed by atoms with van der Waals surface area (Å²) in [5.41, 5.74) is 1.33. The van der Waals surface area contributed by atoms with E-state index in [1.165, 1.54) is 0 Å². The van der Waals surface area contributed by atoms with E-state index >= 15 is 0 Å². The highest BCUT2D eigenvalue weighted by Gasteiger charge is 2.41. The maximum Gasteiger partial charge on any atom is 0.114 e. The fraction of sp³-hybridized carbons (Fsp3) is 0.833. The Morgan fingerprint density at radius 3 is 2.45 bits per heavy atom. The summed E-state index contributed by atoms with van der Waals surface area (Å²) in [4.78, 5) is 0. The number of aliphatic hydroxyl groups excluding tert-OH is 4. The number of hydrogen-bond acceptors (Lipinski definition) is 7. The van der Waals surface area contributed by atoms with Crippen LogP contribution in [0.25, 0.3) is 0 Å². The third-order valence-electron chi connectivity index (χ3n) is 3.77. The van der Waals surface area contributed by atoms with E-state index in [2.05, 4.69) is 15.6 Å². The molecule has 1 aromatic rings. The number of hydrogen-bond donors (Lipinski definition) is 5. The Balaban J connectivity index is 2.15. The summed E-state index contributed by atoms with van der Waals surface area (Å²) < 4.78 is 1.62. The van der Waals surface area contributed by atoms with Crippen LogP contribution in [0.1, 0.15) is 31.3 Å². The average Bonchev–Trinajstić information content (AvgIpc) is 2.95. The van der Waals surface area contributed by atoms with Crippen LogP contribution in [0.15, 0.2) is 0 Å². The molecule has 1 aliphatic heterocycles. The Morgan fingerprint density at radius 2 is 1.95 bits per heavy atom. The molecule has 0 radical (unpaired) electrons. The molecular weight excluding hydrogens is 264 g/mol. The standard InChI is InChI=1S/C12H22N4O4/c1-3-9-10(6(2)18)14-15-16(9)4-7-11(19)12(20)8(5-17)13-7/h6-8,11-13,17-20H,3-5H2,1-2H3/t6?,7-,8-,11-,12-/m1/s1. The van der Waals surface area contributed by atoms with E-state index in [-0.39, 0.29) is 6.61 Å². The van der Waals surface area contributed by atoms with Gasteiger partial charge < -0.3 is 25.7 Å². The monoisotopic (exact) mass is 286 g/mol. The van der Waals surface area contributed by atoms with Crippen LogP contribution in [0.4, 0.5) is 0 Å². The van der Waals surface area contributed by atoms with Crippen LogP contribution >= 0.6 is 0 Å². The second-order valence-electron chi connectivity index (χ2n) is 5.18. The number of aromatic nitrogens is 3. The predicted octanol–water partition coefficient (Wildman–Crippen LogP) is -2.05. The average molecular weight is 286 g/mol. The summed E-state index contributed by atoms with van der Waals surface area (Å²) in [6.45, 7) is 3.63. The van der Waals surface area contributed by atoms with Gasteiger partial charge in [0, 0.05) is 0 Å². The van der Waals surface area contributed by atoms with Gasteiger partial charge in [0.2, 0.25) is 0 Å². The van der Waals surface area contributed by atoms with Gasteiger partial charge in [-0.15, -0.1) is 5.10 Å². The lowest BCUT2D eigenvalue weighted by atomic mass is 10.1. The maximum atomic E-state index is 9.97. The van der Waals surface area contributed by atoms with Crippen molar-refractivity contribution in [2.75, 3.05) is 6.61 Å². The molecule has 2 heterocycles. The molecule has 8 nitrogen and oxygen atoms in total. The Bertz CT molecular complexity index is 451. The molecule has 1 aliphatic rings. The topological polar surface area (TPSA) is 124 Å². The highest BCUT2D eigenvalue weighted by atomic mass is 16.3. The zero-order valence-corrected chi connectivity index (χ0v) is 11.6. The molecule has 114 valence electrons. The Kier molecular flexibility index (Phi) is 4.71. The fourth-order valence-electron chi connectivity index (χ4n) is 2.64. The SMILES string of the molecule is CCc1c(C(C)O)nnn1C[C@H]1N[C@H](CO)[C@@H](O)[C@@H]1O. The first-order valence-corrected chi connectivity index (χ1v) is 6.82. The van der Waals surface area contributed by atoms with Crippen LogP contribution in [0.5, 0.6) is 0 Å². The third kappa shape index (κ3) is 2.70. The second-order valence-corrected chi connectivity index (χ2v) is 5.18. The smallest absolute Gasteiger partial charge is 0.114 e. The lowest BCUT2D eigenvalue weighted by Crippen LogP contribution is -2.38. The van der Waals surface area contributed by atoms with Crippen LogP contribution in [0.3, 0.4) is 0 Å². The van der Waals surface area contributed by atoms with Gasteiger partial charge in [0.25, 0.3) is 0 Å². The van der Waals surface area contributed by atoms with E-state index in [0.717, 1.165) is 5.69 Å². The zero-order valence-electron chi connectivity index (χ0n) is 11.6. The third-order valence-corrected chi connectivity index (χ3v) is 3.77. The van der Waals surface area contributed by atoms with Gasteiger partial charge in [0.05, 0.1) is 49.2 Å². The molecule has 0 aliphatic carbocycles. The largest absolute Gasteiger partial charge is 0.395 e. The molecule has 0 spiro atoms. The molecule has 1 unspecified atom stereocenters. The molecule has 8 heteroatoms. The maximum absolute atomic E-state index is 9.97. The molecule has 5 N–H and O–H groups in total. The van der Waals surface area contributed by atoms with E-state index in [4.69, 9.17) is 5.11 Å². The quantitative estimate of drug-likeness (QED) is 0.422. The first-order valence-electron chi connectivity index (χ1n) is 6.82. The molecule has 20 heavy (non-hydrogen) atoms. The number of rotatable bonds is 5. The van der Waals surface area contributed by atoms with E-state index in [9.17, 15) is 15.3 Å². The van der Waals surface area contributed by atoms with Crippen LogP contribution in [0.2, 0.25) is 0 Å². The molecule has 1 aromatic heterocycles. The summed E-state index contributed by atoms with van der Waals surface area (Å²) in [5.74, 6) is 0. The number of nitrogens with one attached hydrogen (secondary N) is 1. The fourth-order valence-corrected chi connectivity index (χ4v) is 2.64. The van der Waals surface area contributed by atoms with Gasteiger partial charge in [-0.1, -0.05) is 12.1 Å². The minimum absolute atomic E-state index is 0.244. The van der Waals surface area contributed by atoms with Crippen molar-refractivity contribution < 1.29 is 20.4 Å². The second kappa shape index (κ2) is 6.15. The molecule has 1 saturated heterocycles. The van der Waals surface area contributed by atoms with Crippen molar-refractivity contribution in [2.45, 2.75) is 57.2 Å². The summed E-state index contributed by atoms with van der Waals surface area (Å²) in [7, 11) is 0. The van der Waals surface area contributed by atoms with Crippen molar-refractivity contribution in [3.8, 4) is 0 Å². The molecule has 0 saturated carbocycles. The van der Waals surface area contributed by atoms with Crippen LogP contribution in [-0.4, -0.2) is 66.3 Å². The molecule has 0 amide bonds. The first-order chi connectivity index (χ1) is 9.49. The van der Waals surface area contributed by atoms with Crippen molar-refractivity contribution in [1.82, 2.24) is 20.3 Å². The van der Waals surface area contributed by atoms with Crippen molar-refractivity contribution in [3.05, 3.63) is 11.4 Å². The lowest BCUT2D eigenvalue weighted by molar-refractivity contribution is 0.0174. The highest BCUT2D eigenvalue weighted by molar-refractivity contribution is 5.13. The predicted molar refractivity (Wildman–Crippen MR) is 69.8 cm³/mol. The van der Waals surface area contributed by atoms with Crippen molar-refractivity contribution in [2.24, 2.45) is 0 Å². The summed E-state index contributed by atoms with van der Waals surface area (Å²) in [6.07, 6.45) is -2.02. The van der Waals surface area contributed by atoms with Crippen LogP contribution in [-0.2, 0) is 13.0 Å². The van der Waals surface area contributed by atoms with Gasteiger partial charge in [0.15, 0.2) is 0 Å². The van der Waals surface area contributed by atoms with E-state index in [1.807, 2.05) is 6.92 Å². The van der Waals surface area contributed by atoms with Crippen molar-refractivity contribution in [1.29, 1.82) is 0 Å². The van der Waals surface area contributed by atoms with Gasteiger partial charge in [-0.05, 0) is 13.3 Å². The highest BCUT2D eigenvalue weighted by Crippen LogP contribution is 2.19. The van der Waals surface area contributed by atoms with Gasteiger partial charge in [0.1, 0.15) is 5.69 Å². The minimum Gasteiger partial charge on any atom is -0.395 e. The van der Waals surface area contributed by atoms with Crippen molar-refractivity contribution >= 4 is 0 Å². The summed E-state index contributed by atoms with van der Waals surface area (Å²) >= 11 is 0. The summed E-state index contributed by atoms with van der Waals surface area (Å²) in [6, 6.07) is -0.962. The van der Waals surface area contributed by atoms with Gasteiger partial charge in [-0.2, -0.15) is 0 Å². The molecule has 0 bridgehead atoms. The molecule has 5 atom stereocenters.